The first kappa shape index (κ1) is 15.9. The van der Waals surface area contributed by atoms with Crippen molar-refractivity contribution in [1.29, 1.82) is 0 Å². The molecule has 4 nitrogen and oxygen atoms in total. The number of halogens is 2. The summed E-state index contributed by atoms with van der Waals surface area (Å²) in [6.07, 6.45) is 2.92. The van der Waals surface area contributed by atoms with Crippen molar-refractivity contribution in [3.05, 3.63) is 35.1 Å². The van der Waals surface area contributed by atoms with Gasteiger partial charge in [0, 0.05) is 18.3 Å². The Morgan fingerprint density at radius 2 is 2.00 bits per heavy atom. The normalized spacial score (nSPS) is 10.5. The second-order valence-corrected chi connectivity index (χ2v) is 5.49. The topological polar surface area (TPSA) is 49.8 Å². The van der Waals surface area contributed by atoms with Gasteiger partial charge in [-0.05, 0) is 30.9 Å². The van der Waals surface area contributed by atoms with Gasteiger partial charge in [-0.25, -0.2) is 14.4 Å². The zero-order chi connectivity index (χ0) is 15.2. The van der Waals surface area contributed by atoms with Gasteiger partial charge in [0.05, 0.1) is 5.02 Å². The summed E-state index contributed by atoms with van der Waals surface area (Å²) in [5, 5.41) is 7.06. The zero-order valence-electron chi connectivity index (χ0n) is 11.8. The lowest BCUT2D eigenvalue weighted by Crippen LogP contribution is -2.05. The van der Waals surface area contributed by atoms with E-state index in [0.717, 1.165) is 18.8 Å². The van der Waals surface area contributed by atoms with Gasteiger partial charge in [0.1, 0.15) is 17.5 Å². The number of nitrogens with one attached hydrogen (secondary N) is 2. The monoisotopic (exact) mass is 326 g/mol. The summed E-state index contributed by atoms with van der Waals surface area (Å²) < 4.78 is 13.2. The maximum atomic E-state index is 13.2. The molecule has 0 saturated heterocycles. The Balaban J connectivity index is 2.23. The van der Waals surface area contributed by atoms with Crippen LogP contribution in [-0.4, -0.2) is 22.8 Å². The molecule has 1 heterocycles. The minimum Gasteiger partial charge on any atom is -0.370 e. The lowest BCUT2D eigenvalue weighted by atomic mass is 10.3. The van der Waals surface area contributed by atoms with Crippen LogP contribution < -0.4 is 10.6 Å². The lowest BCUT2D eigenvalue weighted by Gasteiger charge is -2.10. The third-order valence-electron chi connectivity index (χ3n) is 2.64. The zero-order valence-corrected chi connectivity index (χ0v) is 13.4. The fourth-order valence-electron chi connectivity index (χ4n) is 1.65. The average molecular weight is 327 g/mol. The number of benzene rings is 1. The van der Waals surface area contributed by atoms with E-state index < -0.39 is 5.82 Å². The first-order chi connectivity index (χ1) is 10.1. The van der Waals surface area contributed by atoms with Crippen LogP contribution in [0, 0.1) is 5.82 Å². The summed E-state index contributed by atoms with van der Waals surface area (Å²) in [5.74, 6) is 0.947. The molecule has 0 unspecified atom stereocenters. The first-order valence-electron chi connectivity index (χ1n) is 6.51. The van der Waals surface area contributed by atoms with Gasteiger partial charge in [-0.3, -0.25) is 0 Å². The molecule has 0 bridgehead atoms. The fraction of sp³-hybridized carbons (Fsp3) is 0.286. The minimum atomic E-state index is -0.444. The number of hydrogen-bond donors (Lipinski definition) is 2. The van der Waals surface area contributed by atoms with Gasteiger partial charge in [0.2, 0.25) is 0 Å². The molecule has 2 N–H and O–H groups in total. The lowest BCUT2D eigenvalue weighted by molar-refractivity contribution is 0.628. The van der Waals surface area contributed by atoms with E-state index in [0.29, 0.717) is 16.7 Å². The maximum Gasteiger partial charge on any atom is 0.191 e. The molecule has 112 valence electrons. The van der Waals surface area contributed by atoms with Crippen molar-refractivity contribution in [2.24, 2.45) is 0 Å². The van der Waals surface area contributed by atoms with Crippen molar-refractivity contribution in [3.8, 4) is 0 Å². The standard InChI is InChI=1S/C14H16ClFN4S/c1-3-6-17-12-8-13(20-14(19-12)21-2)18-9-4-5-11(16)10(15)7-9/h4-5,7-8H,3,6H2,1-2H3,(H2,17,18,19,20). The van der Waals surface area contributed by atoms with E-state index in [4.69, 9.17) is 11.6 Å². The van der Waals surface area contributed by atoms with Crippen molar-refractivity contribution in [3.63, 3.8) is 0 Å². The maximum absolute atomic E-state index is 13.2. The van der Waals surface area contributed by atoms with E-state index in [1.165, 1.54) is 23.9 Å². The predicted molar refractivity (Wildman–Crippen MR) is 87.3 cm³/mol. The van der Waals surface area contributed by atoms with E-state index in [1.54, 1.807) is 6.07 Å². The van der Waals surface area contributed by atoms with Crippen LogP contribution in [0.15, 0.2) is 29.4 Å². The molecule has 1 aromatic carbocycles. The number of rotatable bonds is 6. The largest absolute Gasteiger partial charge is 0.370 e. The molecule has 1 aromatic heterocycles. The molecule has 2 rings (SSSR count). The van der Waals surface area contributed by atoms with Crippen LogP contribution >= 0.6 is 23.4 Å². The second kappa shape index (κ2) is 7.47. The Bertz CT molecular complexity index is 624. The number of anilines is 3. The first-order valence-corrected chi connectivity index (χ1v) is 8.11. The molecule has 0 fully saturated rings. The van der Waals surface area contributed by atoms with Gasteiger partial charge in [-0.2, -0.15) is 0 Å². The summed E-state index contributed by atoms with van der Waals surface area (Å²) in [5.41, 5.74) is 0.675. The van der Waals surface area contributed by atoms with E-state index in [9.17, 15) is 4.39 Å². The number of hydrogen-bond acceptors (Lipinski definition) is 5. The van der Waals surface area contributed by atoms with Crippen LogP contribution in [0.2, 0.25) is 5.02 Å². The molecule has 2 aromatic rings. The van der Waals surface area contributed by atoms with Crippen molar-refractivity contribution in [2.45, 2.75) is 18.5 Å². The summed E-state index contributed by atoms with van der Waals surface area (Å²) in [6, 6.07) is 6.27. The fourth-order valence-corrected chi connectivity index (χ4v) is 2.21. The SMILES string of the molecule is CCCNc1cc(Nc2ccc(F)c(Cl)c2)nc(SC)n1. The molecule has 0 atom stereocenters. The highest BCUT2D eigenvalue weighted by Gasteiger charge is 2.06. The Kier molecular flexibility index (Phi) is 5.64. The van der Waals surface area contributed by atoms with E-state index >= 15 is 0 Å². The predicted octanol–water partition coefficient (Wildman–Crippen LogP) is 4.56. The summed E-state index contributed by atoms with van der Waals surface area (Å²) in [6.45, 7) is 2.93. The van der Waals surface area contributed by atoms with Gasteiger partial charge in [0.25, 0.3) is 0 Å². The average Bonchev–Trinajstić information content (AvgIpc) is 2.48. The van der Waals surface area contributed by atoms with E-state index in [1.807, 2.05) is 12.3 Å². The molecule has 0 amide bonds. The molecule has 7 heteroatoms. The highest BCUT2D eigenvalue weighted by atomic mass is 35.5. The van der Waals surface area contributed by atoms with E-state index in [2.05, 4.69) is 27.5 Å². The molecule has 21 heavy (non-hydrogen) atoms. The van der Waals surface area contributed by atoms with Crippen molar-refractivity contribution in [2.75, 3.05) is 23.4 Å². The molecule has 0 aliphatic heterocycles. The molecule has 0 saturated carbocycles. The third kappa shape index (κ3) is 4.47. The Morgan fingerprint density at radius 3 is 2.67 bits per heavy atom. The molecular weight excluding hydrogens is 311 g/mol. The quantitative estimate of drug-likeness (QED) is 0.602. The van der Waals surface area contributed by atoms with Crippen molar-refractivity contribution in [1.82, 2.24) is 9.97 Å². The molecule has 0 radical (unpaired) electrons. The Morgan fingerprint density at radius 1 is 1.24 bits per heavy atom. The second-order valence-electron chi connectivity index (χ2n) is 4.31. The summed E-state index contributed by atoms with van der Waals surface area (Å²) in [7, 11) is 0. The van der Waals surface area contributed by atoms with Crippen molar-refractivity contribution >= 4 is 40.7 Å². The van der Waals surface area contributed by atoms with Crippen LogP contribution in [0.5, 0.6) is 0 Å². The Labute approximate surface area is 132 Å². The molecule has 0 aliphatic carbocycles. The van der Waals surface area contributed by atoms with Gasteiger partial charge in [0.15, 0.2) is 5.16 Å². The van der Waals surface area contributed by atoms with Crippen LogP contribution in [0.1, 0.15) is 13.3 Å². The Hall–Kier alpha value is -1.53. The van der Waals surface area contributed by atoms with Crippen molar-refractivity contribution < 1.29 is 4.39 Å². The third-order valence-corrected chi connectivity index (χ3v) is 3.47. The smallest absolute Gasteiger partial charge is 0.191 e. The van der Waals surface area contributed by atoms with Crippen LogP contribution in [0.25, 0.3) is 0 Å². The summed E-state index contributed by atoms with van der Waals surface area (Å²) >= 11 is 7.23. The van der Waals surface area contributed by atoms with Gasteiger partial charge in [-0.15, -0.1) is 0 Å². The molecular formula is C14H16ClFN4S. The molecule has 0 aliphatic rings. The minimum absolute atomic E-state index is 0.0727. The number of thioether (sulfide) groups is 1. The van der Waals surface area contributed by atoms with Crippen LogP contribution in [0.4, 0.5) is 21.7 Å². The van der Waals surface area contributed by atoms with Gasteiger partial charge in [-0.1, -0.05) is 30.3 Å². The van der Waals surface area contributed by atoms with Gasteiger partial charge < -0.3 is 10.6 Å². The highest BCUT2D eigenvalue weighted by molar-refractivity contribution is 7.98. The van der Waals surface area contributed by atoms with Crippen LogP contribution in [0.3, 0.4) is 0 Å². The van der Waals surface area contributed by atoms with Crippen LogP contribution in [-0.2, 0) is 0 Å². The van der Waals surface area contributed by atoms with Gasteiger partial charge >= 0.3 is 0 Å². The van der Waals surface area contributed by atoms with E-state index in [-0.39, 0.29) is 5.02 Å². The number of aromatic nitrogens is 2. The molecule has 0 spiro atoms. The highest BCUT2D eigenvalue weighted by Crippen LogP contribution is 2.24. The summed E-state index contributed by atoms with van der Waals surface area (Å²) in [4.78, 5) is 8.75. The number of nitrogens with zero attached hydrogens (tertiary/aromatic N) is 2.